The lowest BCUT2D eigenvalue weighted by Gasteiger charge is -2.06. The molecule has 1 aromatic heterocycles. The van der Waals surface area contributed by atoms with Crippen LogP contribution in [0, 0.1) is 10.1 Å². The van der Waals surface area contributed by atoms with E-state index in [1.54, 1.807) is 6.92 Å². The lowest BCUT2D eigenvalue weighted by atomic mass is 10.0. The first-order valence-electron chi connectivity index (χ1n) is 5.66. The molecule has 0 unspecified atom stereocenters. The molecule has 0 radical (unpaired) electrons. The third-order valence-electron chi connectivity index (χ3n) is 2.79. The molecule has 1 amide bonds. The Labute approximate surface area is 112 Å². The topological polar surface area (TPSA) is 148 Å². The van der Waals surface area contributed by atoms with Crippen LogP contribution in [0.2, 0.25) is 0 Å². The molecule has 0 atom stereocenters. The number of aromatic amines is 1. The molecule has 0 aliphatic heterocycles. The van der Waals surface area contributed by atoms with Crippen molar-refractivity contribution in [2.24, 2.45) is 5.73 Å². The molecule has 9 heteroatoms. The number of nitro groups is 1. The van der Waals surface area contributed by atoms with Crippen LogP contribution in [0.25, 0.3) is 11.3 Å². The smallest absolute Gasteiger partial charge is 0.311 e. The third-order valence-corrected chi connectivity index (χ3v) is 2.79. The van der Waals surface area contributed by atoms with Gasteiger partial charge in [-0.15, -0.1) is 0 Å². The third kappa shape index (κ3) is 2.16. The number of carbonyl (C=O) groups is 1. The highest BCUT2D eigenvalue weighted by Crippen LogP contribution is 2.38. The van der Waals surface area contributed by atoms with Crippen molar-refractivity contribution in [2.75, 3.05) is 0 Å². The van der Waals surface area contributed by atoms with Gasteiger partial charge in [0.2, 0.25) is 5.75 Å². The van der Waals surface area contributed by atoms with Crippen molar-refractivity contribution in [3.05, 3.63) is 33.5 Å². The maximum absolute atomic E-state index is 11.2. The van der Waals surface area contributed by atoms with E-state index in [9.17, 15) is 20.0 Å². The predicted octanol–water partition coefficient (Wildman–Crippen LogP) is 0.747. The fraction of sp³-hybridized carbons (Fsp3) is 0.182. The first-order valence-corrected chi connectivity index (χ1v) is 5.66. The number of H-pyrrole nitrogens is 1. The number of rotatable bonds is 4. The zero-order valence-corrected chi connectivity index (χ0v) is 10.5. The summed E-state index contributed by atoms with van der Waals surface area (Å²) in [5.41, 5.74) is 5.12. The maximum Gasteiger partial charge on any atom is 0.311 e. The van der Waals surface area contributed by atoms with Crippen LogP contribution in [0.5, 0.6) is 5.75 Å². The molecule has 0 saturated heterocycles. The minimum absolute atomic E-state index is 0.0200. The van der Waals surface area contributed by atoms with E-state index in [0.717, 1.165) is 0 Å². The van der Waals surface area contributed by atoms with E-state index in [1.165, 1.54) is 12.1 Å². The molecule has 1 heterocycles. The van der Waals surface area contributed by atoms with Crippen LogP contribution in [-0.4, -0.2) is 31.3 Å². The number of aromatic hydroxyl groups is 1. The first-order chi connectivity index (χ1) is 9.45. The van der Waals surface area contributed by atoms with Gasteiger partial charge in [0, 0.05) is 6.07 Å². The van der Waals surface area contributed by atoms with Crippen LogP contribution in [0.15, 0.2) is 12.1 Å². The number of nitrogens with two attached hydrogens (primary N) is 1. The Hall–Kier alpha value is -2.97. The largest absolute Gasteiger partial charge is 0.502 e. The van der Waals surface area contributed by atoms with Crippen molar-refractivity contribution in [3.8, 4) is 17.0 Å². The van der Waals surface area contributed by atoms with Gasteiger partial charge in [-0.2, -0.15) is 15.4 Å². The summed E-state index contributed by atoms with van der Waals surface area (Å²) in [6.45, 7) is 1.80. The number of phenolic OH excluding ortho intramolecular Hbond substituents is 1. The summed E-state index contributed by atoms with van der Waals surface area (Å²) in [5, 5.41) is 30.4. The van der Waals surface area contributed by atoms with Crippen molar-refractivity contribution in [3.63, 3.8) is 0 Å². The Kier molecular flexibility index (Phi) is 3.34. The number of aryl methyl sites for hydroxylation is 1. The highest BCUT2D eigenvalue weighted by atomic mass is 16.6. The summed E-state index contributed by atoms with van der Waals surface area (Å²) >= 11 is 0. The Morgan fingerprint density at radius 2 is 2.20 bits per heavy atom. The van der Waals surface area contributed by atoms with Crippen LogP contribution < -0.4 is 5.73 Å². The number of carbonyl (C=O) groups excluding carboxylic acids is 1. The Morgan fingerprint density at radius 3 is 2.75 bits per heavy atom. The van der Waals surface area contributed by atoms with E-state index in [2.05, 4.69) is 15.4 Å². The predicted molar refractivity (Wildman–Crippen MR) is 68.0 cm³/mol. The van der Waals surface area contributed by atoms with Gasteiger partial charge >= 0.3 is 5.69 Å². The highest BCUT2D eigenvalue weighted by molar-refractivity contribution is 5.97. The molecule has 0 bridgehead atoms. The van der Waals surface area contributed by atoms with Crippen molar-refractivity contribution in [2.45, 2.75) is 13.3 Å². The Balaban J connectivity index is 2.73. The number of phenols is 1. The van der Waals surface area contributed by atoms with Crippen LogP contribution >= 0.6 is 0 Å². The lowest BCUT2D eigenvalue weighted by molar-refractivity contribution is -0.385. The number of hydrogen-bond donors (Lipinski definition) is 3. The summed E-state index contributed by atoms with van der Waals surface area (Å²) in [6, 6.07) is 2.77. The molecule has 0 saturated carbocycles. The number of amides is 1. The number of benzene rings is 1. The van der Waals surface area contributed by atoms with E-state index in [0.29, 0.717) is 12.0 Å². The standard InChI is InChI=1S/C11H11N5O4/c1-2-5-3-6(10(17)7(4-5)16(19)20)8-9(11(12)18)14-15-13-8/h3-4,17H,2H2,1H3,(H2,12,18)(H,13,14,15). The van der Waals surface area contributed by atoms with Gasteiger partial charge in [-0.25, -0.2) is 0 Å². The molecule has 0 aliphatic rings. The normalized spacial score (nSPS) is 10.4. The van der Waals surface area contributed by atoms with E-state index in [-0.39, 0.29) is 17.0 Å². The number of nitrogens with zero attached hydrogens (tertiary/aromatic N) is 3. The van der Waals surface area contributed by atoms with Gasteiger partial charge in [0.1, 0.15) is 5.69 Å². The second kappa shape index (κ2) is 4.96. The number of nitrogens with one attached hydrogen (secondary N) is 1. The molecule has 9 nitrogen and oxygen atoms in total. The number of hydrogen-bond acceptors (Lipinski definition) is 6. The Bertz CT molecular complexity index is 694. The number of nitro benzene ring substituents is 1. The highest BCUT2D eigenvalue weighted by Gasteiger charge is 2.24. The summed E-state index contributed by atoms with van der Waals surface area (Å²) in [7, 11) is 0. The zero-order chi connectivity index (χ0) is 14.9. The van der Waals surface area contributed by atoms with Crippen LogP contribution in [0.3, 0.4) is 0 Å². The van der Waals surface area contributed by atoms with Crippen LogP contribution in [0.4, 0.5) is 5.69 Å². The fourth-order valence-electron chi connectivity index (χ4n) is 1.79. The summed E-state index contributed by atoms with van der Waals surface area (Å²) in [6.07, 6.45) is 0.512. The SMILES string of the molecule is CCc1cc(-c2n[nH]nc2C(N)=O)c(O)c([N+](=O)[O-])c1. The second-order valence-corrected chi connectivity index (χ2v) is 4.01. The van der Waals surface area contributed by atoms with Crippen molar-refractivity contribution in [1.29, 1.82) is 0 Å². The monoisotopic (exact) mass is 277 g/mol. The number of aromatic nitrogens is 3. The van der Waals surface area contributed by atoms with Crippen molar-refractivity contribution >= 4 is 11.6 Å². The lowest BCUT2D eigenvalue weighted by Crippen LogP contribution is -2.13. The summed E-state index contributed by atoms with van der Waals surface area (Å²) in [5.74, 6) is -1.43. The van der Waals surface area contributed by atoms with Gasteiger partial charge in [0.25, 0.3) is 5.91 Å². The Morgan fingerprint density at radius 1 is 1.50 bits per heavy atom. The molecule has 0 aliphatic carbocycles. The van der Waals surface area contributed by atoms with Gasteiger partial charge in [0.15, 0.2) is 5.69 Å². The molecular formula is C11H11N5O4. The van der Waals surface area contributed by atoms with E-state index >= 15 is 0 Å². The van der Waals surface area contributed by atoms with Gasteiger partial charge in [-0.3, -0.25) is 14.9 Å². The van der Waals surface area contributed by atoms with Gasteiger partial charge in [-0.1, -0.05) is 6.92 Å². The molecule has 0 spiro atoms. The van der Waals surface area contributed by atoms with E-state index < -0.39 is 22.3 Å². The summed E-state index contributed by atoms with van der Waals surface area (Å²) in [4.78, 5) is 21.5. The average Bonchev–Trinajstić information content (AvgIpc) is 2.87. The average molecular weight is 277 g/mol. The molecular weight excluding hydrogens is 266 g/mol. The van der Waals surface area contributed by atoms with Crippen molar-refractivity contribution in [1.82, 2.24) is 15.4 Å². The molecule has 20 heavy (non-hydrogen) atoms. The van der Waals surface area contributed by atoms with E-state index in [4.69, 9.17) is 5.73 Å². The van der Waals surface area contributed by atoms with Gasteiger partial charge < -0.3 is 10.8 Å². The zero-order valence-electron chi connectivity index (χ0n) is 10.5. The molecule has 1 aromatic carbocycles. The molecule has 2 aromatic rings. The summed E-state index contributed by atoms with van der Waals surface area (Å²) < 4.78 is 0. The number of primary amides is 1. The maximum atomic E-state index is 11.2. The van der Waals surface area contributed by atoms with Gasteiger partial charge in [0.05, 0.1) is 10.5 Å². The fourth-order valence-corrected chi connectivity index (χ4v) is 1.79. The second-order valence-electron chi connectivity index (χ2n) is 4.01. The minimum Gasteiger partial charge on any atom is -0.502 e. The van der Waals surface area contributed by atoms with Gasteiger partial charge in [-0.05, 0) is 18.1 Å². The molecule has 0 fully saturated rings. The molecule has 2 rings (SSSR count). The molecule has 104 valence electrons. The molecule has 4 N–H and O–H groups in total. The minimum atomic E-state index is -0.849. The quantitative estimate of drug-likeness (QED) is 0.554. The van der Waals surface area contributed by atoms with Crippen molar-refractivity contribution < 1.29 is 14.8 Å². The van der Waals surface area contributed by atoms with Crippen LogP contribution in [-0.2, 0) is 6.42 Å². The van der Waals surface area contributed by atoms with E-state index in [1.807, 2.05) is 0 Å². The van der Waals surface area contributed by atoms with Crippen LogP contribution in [0.1, 0.15) is 23.0 Å². The first kappa shape index (κ1) is 13.5.